The van der Waals surface area contributed by atoms with E-state index in [4.69, 9.17) is 4.74 Å². The first kappa shape index (κ1) is 22.0. The van der Waals surface area contributed by atoms with Gasteiger partial charge in [-0.05, 0) is 36.8 Å². The third-order valence-corrected chi connectivity index (χ3v) is 8.63. The highest BCUT2D eigenvalue weighted by atomic mass is 31.2. The third-order valence-electron chi connectivity index (χ3n) is 5.49. The summed E-state index contributed by atoms with van der Waals surface area (Å²) in [5.41, 5.74) is 1.53. The molecule has 1 atom stereocenters. The number of nitrogens with zero attached hydrogens (tertiary/aromatic N) is 1. The summed E-state index contributed by atoms with van der Waals surface area (Å²) in [6, 6.07) is 28.4. The normalized spacial score (nSPS) is 16.8. The van der Waals surface area contributed by atoms with Crippen LogP contribution >= 0.6 is 7.29 Å². The van der Waals surface area contributed by atoms with Gasteiger partial charge in [-0.25, -0.2) is 9.46 Å². The number of hydrogen-bond donors (Lipinski definition) is 0. The lowest BCUT2D eigenvalue weighted by atomic mass is 10.1. The third kappa shape index (κ3) is 4.38. The first-order chi connectivity index (χ1) is 15.6. The second kappa shape index (κ2) is 9.95. The Morgan fingerprint density at radius 1 is 0.938 bits per heavy atom. The molecule has 0 amide bonds. The van der Waals surface area contributed by atoms with Gasteiger partial charge >= 0.3 is 5.97 Å². The number of rotatable bonds is 7. The van der Waals surface area contributed by atoms with Gasteiger partial charge in [-0.1, -0.05) is 85.0 Å². The number of esters is 1. The van der Waals surface area contributed by atoms with Crippen LogP contribution in [0.2, 0.25) is 0 Å². The van der Waals surface area contributed by atoms with Gasteiger partial charge in [0, 0.05) is 17.2 Å². The zero-order valence-electron chi connectivity index (χ0n) is 18.0. The Bertz CT molecular complexity index is 1110. The molecule has 0 spiro atoms. The van der Waals surface area contributed by atoms with Gasteiger partial charge in [0.25, 0.3) is 0 Å². The summed E-state index contributed by atoms with van der Waals surface area (Å²) in [6.07, 6.45) is 5.76. The van der Waals surface area contributed by atoms with Gasteiger partial charge in [0.2, 0.25) is 7.29 Å². The Kier molecular flexibility index (Phi) is 6.84. The molecule has 0 saturated heterocycles. The van der Waals surface area contributed by atoms with E-state index in [0.717, 1.165) is 16.2 Å². The van der Waals surface area contributed by atoms with Crippen LogP contribution in [-0.4, -0.2) is 29.8 Å². The second-order valence-electron chi connectivity index (χ2n) is 7.46. The minimum absolute atomic E-state index is 0.292. The lowest BCUT2D eigenvalue weighted by Crippen LogP contribution is -2.37. The van der Waals surface area contributed by atoms with Crippen LogP contribution in [0.1, 0.15) is 12.5 Å². The Hall–Kier alpha value is -3.20. The van der Waals surface area contributed by atoms with Crippen LogP contribution in [0.15, 0.2) is 109 Å². The van der Waals surface area contributed by atoms with E-state index >= 15 is 0 Å². The molecule has 1 heterocycles. The van der Waals surface area contributed by atoms with E-state index in [2.05, 4.69) is 0 Å². The first-order valence-corrected chi connectivity index (χ1v) is 12.4. The number of ether oxygens (including phenoxy) is 1. The van der Waals surface area contributed by atoms with Crippen molar-refractivity contribution in [3.05, 3.63) is 114 Å². The highest BCUT2D eigenvalue weighted by Crippen LogP contribution is 2.51. The molecular formula is C27H26NO3P. The molecule has 0 aromatic heterocycles. The molecule has 5 heteroatoms. The fraction of sp³-hybridized carbons (Fsp3) is 0.148. The fourth-order valence-corrected chi connectivity index (χ4v) is 6.88. The van der Waals surface area contributed by atoms with E-state index < -0.39 is 13.3 Å². The molecule has 0 saturated carbocycles. The Morgan fingerprint density at radius 3 is 2.00 bits per heavy atom. The van der Waals surface area contributed by atoms with Crippen molar-refractivity contribution in [2.24, 2.45) is 0 Å². The van der Waals surface area contributed by atoms with Crippen molar-refractivity contribution in [1.82, 2.24) is 4.67 Å². The van der Waals surface area contributed by atoms with E-state index in [-0.39, 0.29) is 5.97 Å². The Labute approximate surface area is 189 Å². The molecule has 1 aliphatic heterocycles. The average molecular weight is 443 g/mol. The van der Waals surface area contributed by atoms with Gasteiger partial charge in [0.05, 0.1) is 18.2 Å². The molecule has 162 valence electrons. The van der Waals surface area contributed by atoms with Crippen LogP contribution in [0.3, 0.4) is 0 Å². The van der Waals surface area contributed by atoms with Crippen molar-refractivity contribution in [2.45, 2.75) is 13.0 Å². The lowest BCUT2D eigenvalue weighted by Gasteiger charge is -2.33. The van der Waals surface area contributed by atoms with Crippen LogP contribution in [0.25, 0.3) is 6.08 Å². The van der Waals surface area contributed by atoms with Gasteiger partial charge in [-0.3, -0.25) is 4.57 Å². The highest BCUT2D eigenvalue weighted by molar-refractivity contribution is 7.76. The first-order valence-electron chi connectivity index (χ1n) is 10.7. The van der Waals surface area contributed by atoms with Crippen LogP contribution in [0, 0.1) is 0 Å². The predicted molar refractivity (Wildman–Crippen MR) is 130 cm³/mol. The summed E-state index contributed by atoms with van der Waals surface area (Å²) in [7, 11) is -3.22. The molecule has 4 nitrogen and oxygen atoms in total. The molecule has 0 N–H and O–H groups in total. The minimum atomic E-state index is -3.22. The molecular weight excluding hydrogens is 417 g/mol. The number of benzene rings is 3. The van der Waals surface area contributed by atoms with Gasteiger partial charge < -0.3 is 4.74 Å². The van der Waals surface area contributed by atoms with Gasteiger partial charge in [0.15, 0.2) is 0 Å². The van der Waals surface area contributed by atoms with E-state index in [1.807, 2.05) is 114 Å². The molecule has 1 unspecified atom stereocenters. The highest BCUT2D eigenvalue weighted by Gasteiger charge is 2.43. The van der Waals surface area contributed by atoms with E-state index in [9.17, 15) is 9.36 Å². The Balaban J connectivity index is 1.81. The summed E-state index contributed by atoms with van der Waals surface area (Å²) < 4.78 is 22.1. The van der Waals surface area contributed by atoms with Crippen molar-refractivity contribution in [2.75, 3.05) is 13.2 Å². The maximum Gasteiger partial charge on any atom is 0.335 e. The predicted octanol–water partition coefficient (Wildman–Crippen LogP) is 4.80. The summed E-state index contributed by atoms with van der Waals surface area (Å²) in [5.74, 6) is -0.370. The minimum Gasteiger partial charge on any atom is -0.463 e. The smallest absolute Gasteiger partial charge is 0.335 e. The molecule has 0 bridgehead atoms. The largest absolute Gasteiger partial charge is 0.463 e. The van der Waals surface area contributed by atoms with Gasteiger partial charge in [-0.2, -0.15) is 0 Å². The van der Waals surface area contributed by atoms with Crippen LogP contribution < -0.4 is 10.6 Å². The monoisotopic (exact) mass is 443 g/mol. The quantitative estimate of drug-likeness (QED) is 0.389. The van der Waals surface area contributed by atoms with Crippen molar-refractivity contribution >= 4 is 29.9 Å². The molecule has 0 fully saturated rings. The summed E-state index contributed by atoms with van der Waals surface area (Å²) >= 11 is 0. The summed E-state index contributed by atoms with van der Waals surface area (Å²) in [5, 5.41) is 1.48. The molecule has 0 radical (unpaired) electrons. The van der Waals surface area contributed by atoms with Crippen molar-refractivity contribution in [1.29, 1.82) is 0 Å². The second-order valence-corrected chi connectivity index (χ2v) is 10.2. The molecule has 3 aromatic carbocycles. The number of carbonyl (C=O) groups is 1. The van der Waals surface area contributed by atoms with Gasteiger partial charge in [-0.15, -0.1) is 0 Å². The van der Waals surface area contributed by atoms with Crippen LogP contribution in [-0.2, 0) is 14.1 Å². The topological polar surface area (TPSA) is 46.6 Å². The van der Waals surface area contributed by atoms with E-state index in [0.29, 0.717) is 18.7 Å². The molecule has 32 heavy (non-hydrogen) atoms. The van der Waals surface area contributed by atoms with Gasteiger partial charge in [0.1, 0.15) is 0 Å². The molecule has 0 aliphatic carbocycles. The SMILES string of the molecule is CCOC(=O)C1=CCN(P(=O)(c2ccccc2)c2ccccc2)C1/C=C/c1ccccc1. The number of carbonyl (C=O) groups excluding carboxylic acids is 1. The van der Waals surface area contributed by atoms with E-state index in [1.165, 1.54) is 0 Å². The van der Waals surface area contributed by atoms with Crippen molar-refractivity contribution in [3.8, 4) is 0 Å². The standard InChI is InChI=1S/C27H26NO3P/c1-2-31-27(29)25-20-21-28(26(25)19-18-22-12-6-3-7-13-22)32(30,23-14-8-4-9-15-23)24-16-10-5-11-17-24/h3-20,26H,2,21H2,1H3/b19-18+. The summed E-state index contributed by atoms with van der Waals surface area (Å²) in [6.45, 7) is 2.47. The van der Waals surface area contributed by atoms with E-state index in [1.54, 1.807) is 6.92 Å². The molecule has 1 aliphatic rings. The zero-order valence-corrected chi connectivity index (χ0v) is 18.9. The van der Waals surface area contributed by atoms with Crippen molar-refractivity contribution < 1.29 is 14.1 Å². The summed E-state index contributed by atoms with van der Waals surface area (Å²) in [4.78, 5) is 12.8. The Morgan fingerprint density at radius 2 is 1.47 bits per heavy atom. The maximum absolute atomic E-state index is 14.9. The molecule has 4 rings (SSSR count). The lowest BCUT2D eigenvalue weighted by molar-refractivity contribution is -0.138. The fourth-order valence-electron chi connectivity index (χ4n) is 3.97. The zero-order chi connectivity index (χ0) is 22.4. The average Bonchev–Trinajstić information content (AvgIpc) is 3.29. The van der Waals surface area contributed by atoms with Crippen molar-refractivity contribution in [3.63, 3.8) is 0 Å². The molecule has 3 aromatic rings. The van der Waals surface area contributed by atoms with Crippen LogP contribution in [0.5, 0.6) is 0 Å². The number of hydrogen-bond acceptors (Lipinski definition) is 3. The maximum atomic E-state index is 14.9. The van der Waals surface area contributed by atoms with Crippen LogP contribution in [0.4, 0.5) is 0 Å².